The Hall–Kier alpha value is -0.520. The third kappa shape index (κ3) is 3.24. The first kappa shape index (κ1) is 12.9. The number of rotatable bonds is 3. The van der Waals surface area contributed by atoms with Gasteiger partial charge in [-0.2, -0.15) is 0 Å². The zero-order valence-corrected chi connectivity index (χ0v) is 11.8. The molecule has 1 fully saturated rings. The van der Waals surface area contributed by atoms with Gasteiger partial charge in [-0.25, -0.2) is 0 Å². The van der Waals surface area contributed by atoms with Gasteiger partial charge in [0.25, 0.3) is 0 Å². The number of carboxylic acids is 1. The van der Waals surface area contributed by atoms with Gasteiger partial charge in [-0.1, -0.05) is 28.1 Å². The van der Waals surface area contributed by atoms with Crippen LogP contribution in [0.1, 0.15) is 12.5 Å². The molecule has 1 aromatic carbocycles. The predicted octanol–water partition coefficient (Wildman–Crippen LogP) is 2.50. The van der Waals surface area contributed by atoms with E-state index in [2.05, 4.69) is 40.3 Å². The highest BCUT2D eigenvalue weighted by Gasteiger charge is 2.38. The molecule has 1 aliphatic heterocycles. The van der Waals surface area contributed by atoms with E-state index >= 15 is 0 Å². The highest BCUT2D eigenvalue weighted by molar-refractivity contribution is 9.10. The largest absolute Gasteiger partial charge is 0.480 e. The van der Waals surface area contributed by atoms with Crippen LogP contribution < -0.4 is 5.32 Å². The maximum Gasteiger partial charge on any atom is 0.321 e. The lowest BCUT2D eigenvalue weighted by atomic mass is 10.1. The fraction of sp³-hybridized carbons (Fsp3) is 0.417. The summed E-state index contributed by atoms with van der Waals surface area (Å²) >= 11 is 5.08. The number of hydrogen-bond acceptors (Lipinski definition) is 3. The maximum atomic E-state index is 10.9. The van der Waals surface area contributed by atoms with Crippen LogP contribution in [0.15, 0.2) is 28.7 Å². The van der Waals surface area contributed by atoms with Crippen molar-refractivity contribution in [2.45, 2.75) is 24.3 Å². The van der Waals surface area contributed by atoms with Crippen molar-refractivity contribution >= 4 is 33.7 Å². The van der Waals surface area contributed by atoms with Crippen molar-refractivity contribution < 1.29 is 9.90 Å². The van der Waals surface area contributed by atoms with Crippen molar-refractivity contribution in [1.29, 1.82) is 0 Å². The van der Waals surface area contributed by atoms with E-state index in [0.29, 0.717) is 5.75 Å². The van der Waals surface area contributed by atoms with E-state index in [4.69, 9.17) is 5.11 Å². The average Bonchev–Trinajstić information content (AvgIpc) is 2.65. The molecule has 2 atom stereocenters. The Labute approximate surface area is 113 Å². The van der Waals surface area contributed by atoms with E-state index in [-0.39, 0.29) is 4.87 Å². The number of hydrogen-bond donors (Lipinski definition) is 2. The molecule has 92 valence electrons. The lowest BCUT2D eigenvalue weighted by Crippen LogP contribution is -2.44. The molecule has 0 aliphatic carbocycles. The summed E-state index contributed by atoms with van der Waals surface area (Å²) in [5, 5.41) is 12.1. The zero-order valence-electron chi connectivity index (χ0n) is 9.44. The molecule has 2 unspecified atom stereocenters. The van der Waals surface area contributed by atoms with E-state index < -0.39 is 12.0 Å². The van der Waals surface area contributed by atoms with E-state index in [1.807, 2.05) is 12.1 Å². The van der Waals surface area contributed by atoms with E-state index in [0.717, 1.165) is 10.9 Å². The molecule has 0 bridgehead atoms. The Kier molecular flexibility index (Phi) is 3.80. The number of benzene rings is 1. The van der Waals surface area contributed by atoms with Crippen LogP contribution in [0, 0.1) is 0 Å². The molecule has 2 rings (SSSR count). The topological polar surface area (TPSA) is 49.3 Å². The molecule has 3 nitrogen and oxygen atoms in total. The van der Waals surface area contributed by atoms with Crippen molar-refractivity contribution in [3.8, 4) is 0 Å². The van der Waals surface area contributed by atoms with Gasteiger partial charge in [0.15, 0.2) is 0 Å². The van der Waals surface area contributed by atoms with Crippen LogP contribution in [0.4, 0.5) is 0 Å². The summed E-state index contributed by atoms with van der Waals surface area (Å²) in [6.45, 7) is 2.06. The van der Waals surface area contributed by atoms with Crippen molar-refractivity contribution in [3.05, 3.63) is 34.3 Å². The van der Waals surface area contributed by atoms with Crippen molar-refractivity contribution in [3.63, 3.8) is 0 Å². The van der Waals surface area contributed by atoms with Crippen molar-refractivity contribution in [2.75, 3.05) is 5.75 Å². The second kappa shape index (κ2) is 5.00. The zero-order chi connectivity index (χ0) is 12.5. The first-order valence-electron chi connectivity index (χ1n) is 5.37. The van der Waals surface area contributed by atoms with Gasteiger partial charge in [0, 0.05) is 10.2 Å². The van der Waals surface area contributed by atoms with Crippen molar-refractivity contribution in [2.24, 2.45) is 0 Å². The van der Waals surface area contributed by atoms with Gasteiger partial charge in [-0.15, -0.1) is 11.8 Å². The van der Waals surface area contributed by atoms with Crippen LogP contribution in [-0.4, -0.2) is 27.7 Å². The number of nitrogens with one attached hydrogen (secondary N) is 1. The average molecular weight is 316 g/mol. The standard InChI is InChI=1S/C12H14BrNO2S/c1-12(14-10(7-17-12)11(15)16)6-8-2-4-9(13)5-3-8/h2-5,10,14H,6-7H2,1H3,(H,15,16). The molecule has 0 spiro atoms. The summed E-state index contributed by atoms with van der Waals surface area (Å²) in [6, 6.07) is 7.71. The Morgan fingerprint density at radius 2 is 2.24 bits per heavy atom. The van der Waals surface area contributed by atoms with Gasteiger partial charge < -0.3 is 5.11 Å². The molecular formula is C12H14BrNO2S. The molecule has 2 N–H and O–H groups in total. The van der Waals surface area contributed by atoms with Crippen LogP contribution in [-0.2, 0) is 11.2 Å². The normalized spacial score (nSPS) is 28.2. The lowest BCUT2D eigenvalue weighted by molar-refractivity contribution is -0.138. The monoisotopic (exact) mass is 315 g/mol. The smallest absolute Gasteiger partial charge is 0.321 e. The van der Waals surface area contributed by atoms with Gasteiger partial charge in [0.05, 0.1) is 4.87 Å². The minimum atomic E-state index is -0.767. The fourth-order valence-corrected chi connectivity index (χ4v) is 3.47. The van der Waals surface area contributed by atoms with Gasteiger partial charge in [0.2, 0.25) is 0 Å². The summed E-state index contributed by atoms with van der Waals surface area (Å²) in [7, 11) is 0. The number of thioether (sulfide) groups is 1. The van der Waals surface area contributed by atoms with Crippen LogP contribution in [0.25, 0.3) is 0 Å². The first-order valence-corrected chi connectivity index (χ1v) is 7.15. The lowest BCUT2D eigenvalue weighted by Gasteiger charge is -2.24. The molecule has 1 aliphatic rings. The minimum Gasteiger partial charge on any atom is -0.480 e. The third-order valence-electron chi connectivity index (χ3n) is 2.80. The molecule has 0 radical (unpaired) electrons. The van der Waals surface area contributed by atoms with E-state index in [9.17, 15) is 4.79 Å². The van der Waals surface area contributed by atoms with Crippen LogP contribution in [0.2, 0.25) is 0 Å². The molecule has 5 heteroatoms. The number of carbonyl (C=O) groups is 1. The summed E-state index contributed by atoms with van der Waals surface area (Å²) in [5.74, 6) is -0.139. The summed E-state index contributed by atoms with van der Waals surface area (Å²) in [6.07, 6.45) is 0.828. The van der Waals surface area contributed by atoms with Crippen molar-refractivity contribution in [1.82, 2.24) is 5.32 Å². The Bertz CT molecular complexity index is 423. The third-order valence-corrected chi connectivity index (χ3v) is 4.73. The molecule has 0 aromatic heterocycles. The van der Waals surface area contributed by atoms with Crippen LogP contribution in [0.5, 0.6) is 0 Å². The van der Waals surface area contributed by atoms with E-state index in [1.165, 1.54) is 5.56 Å². The summed E-state index contributed by atoms with van der Waals surface area (Å²) < 4.78 is 1.06. The quantitative estimate of drug-likeness (QED) is 0.899. The Balaban J connectivity index is 2.04. The second-order valence-electron chi connectivity index (χ2n) is 4.38. The number of carboxylic acid groups (broad SMARTS) is 1. The maximum absolute atomic E-state index is 10.9. The first-order chi connectivity index (χ1) is 7.98. The Morgan fingerprint density at radius 3 is 2.76 bits per heavy atom. The second-order valence-corrected chi connectivity index (χ2v) is 6.82. The highest BCUT2D eigenvalue weighted by atomic mass is 79.9. The summed E-state index contributed by atoms with van der Waals surface area (Å²) in [5.41, 5.74) is 1.21. The SMILES string of the molecule is CC1(Cc2ccc(Br)cc2)NC(C(=O)O)CS1. The Morgan fingerprint density at radius 1 is 1.59 bits per heavy atom. The van der Waals surface area contributed by atoms with Gasteiger partial charge in [0.1, 0.15) is 6.04 Å². The number of aliphatic carboxylic acids is 1. The minimum absolute atomic E-state index is 0.184. The predicted molar refractivity (Wildman–Crippen MR) is 73.3 cm³/mol. The highest BCUT2D eigenvalue weighted by Crippen LogP contribution is 2.33. The van der Waals surface area contributed by atoms with Gasteiger partial charge in [-0.05, 0) is 31.0 Å². The molecule has 0 amide bonds. The molecule has 0 saturated carbocycles. The van der Waals surface area contributed by atoms with Crippen LogP contribution in [0.3, 0.4) is 0 Å². The molecule has 1 heterocycles. The van der Waals surface area contributed by atoms with Crippen LogP contribution >= 0.6 is 27.7 Å². The van der Waals surface area contributed by atoms with E-state index in [1.54, 1.807) is 11.8 Å². The molecular weight excluding hydrogens is 302 g/mol. The molecule has 17 heavy (non-hydrogen) atoms. The van der Waals surface area contributed by atoms with Gasteiger partial charge >= 0.3 is 5.97 Å². The van der Waals surface area contributed by atoms with Gasteiger partial charge in [-0.3, -0.25) is 10.1 Å². The summed E-state index contributed by atoms with van der Waals surface area (Å²) in [4.78, 5) is 10.7. The molecule has 1 saturated heterocycles. The fourth-order valence-electron chi connectivity index (χ4n) is 1.95. The number of halogens is 1. The molecule has 1 aromatic rings.